The number of carbonyl (C=O) groups excluding carboxylic acids is 2. The Kier molecular flexibility index (Phi) is 7.99. The molecule has 8 heteroatoms. The lowest BCUT2D eigenvalue weighted by Crippen LogP contribution is -2.29. The van der Waals surface area contributed by atoms with Crippen LogP contribution in [-0.2, 0) is 14.4 Å². The molecule has 2 amide bonds. The lowest BCUT2D eigenvalue weighted by atomic mass is 10.1. The van der Waals surface area contributed by atoms with Crippen LogP contribution in [-0.4, -0.2) is 45.2 Å². The van der Waals surface area contributed by atoms with Crippen molar-refractivity contribution in [2.24, 2.45) is 0 Å². The van der Waals surface area contributed by atoms with E-state index in [0.717, 1.165) is 24.0 Å². The van der Waals surface area contributed by atoms with Crippen molar-refractivity contribution >= 4 is 52.2 Å². The largest absolute Gasteiger partial charge is 0.480 e. The Morgan fingerprint density at radius 3 is 2.70 bits per heavy atom. The molecule has 144 valence electrons. The third kappa shape index (κ3) is 6.48. The van der Waals surface area contributed by atoms with Gasteiger partial charge in [0.1, 0.15) is 10.9 Å². The second-order valence-corrected chi connectivity index (χ2v) is 7.85. The zero-order chi connectivity index (χ0) is 19.8. The number of carboxylic acid groups (broad SMARTS) is 1. The van der Waals surface area contributed by atoms with Crippen LogP contribution in [0.4, 0.5) is 0 Å². The first kappa shape index (κ1) is 21.1. The number of thiocarbonyl (C=S) groups is 1. The molecule has 2 N–H and O–H groups in total. The van der Waals surface area contributed by atoms with Gasteiger partial charge in [0.2, 0.25) is 5.91 Å². The first-order valence-corrected chi connectivity index (χ1v) is 9.90. The fourth-order valence-electron chi connectivity index (χ4n) is 2.58. The third-order valence-corrected chi connectivity index (χ3v) is 5.45. The lowest BCUT2D eigenvalue weighted by Gasteiger charge is -2.14. The summed E-state index contributed by atoms with van der Waals surface area (Å²) in [6, 6.07) is 7.86. The van der Waals surface area contributed by atoms with Crippen molar-refractivity contribution in [3.63, 3.8) is 0 Å². The van der Waals surface area contributed by atoms with Gasteiger partial charge >= 0.3 is 5.97 Å². The molecule has 1 saturated heterocycles. The molecule has 2 rings (SSSR count). The van der Waals surface area contributed by atoms with Gasteiger partial charge in [0.05, 0.1) is 4.91 Å². The minimum Gasteiger partial charge on any atom is -0.480 e. The molecule has 1 aliphatic rings. The highest BCUT2D eigenvalue weighted by Crippen LogP contribution is 2.33. The third-order valence-electron chi connectivity index (χ3n) is 4.07. The van der Waals surface area contributed by atoms with Gasteiger partial charge in [-0.1, -0.05) is 54.7 Å². The summed E-state index contributed by atoms with van der Waals surface area (Å²) in [6.07, 6.45) is 4.28. The first-order valence-electron chi connectivity index (χ1n) is 8.68. The van der Waals surface area contributed by atoms with Crippen LogP contribution >= 0.6 is 24.0 Å². The topological polar surface area (TPSA) is 86.7 Å². The van der Waals surface area contributed by atoms with E-state index in [1.54, 1.807) is 4.90 Å². The monoisotopic (exact) mass is 406 g/mol. The summed E-state index contributed by atoms with van der Waals surface area (Å²) in [7, 11) is 0. The van der Waals surface area contributed by atoms with Crippen LogP contribution < -0.4 is 5.32 Å². The second kappa shape index (κ2) is 10.2. The highest BCUT2D eigenvalue weighted by Gasteiger charge is 2.31. The van der Waals surface area contributed by atoms with Gasteiger partial charge in [0.25, 0.3) is 5.91 Å². The Morgan fingerprint density at radius 2 is 2.00 bits per heavy atom. The molecule has 6 nitrogen and oxygen atoms in total. The number of carbonyl (C=O) groups is 3. The standard InChI is InChI=1S/C19H22N2O4S2/c1-13-7-4-5-8-14(13)11-15-18(25)21(19(26)27-15)10-6-2-3-9-16(22)20-12-17(23)24/h4-5,7-8,11H,2-3,6,9-10,12H2,1H3,(H,20,22)(H,23,24)/b15-11-. The van der Waals surface area contributed by atoms with Gasteiger partial charge in [-0.05, 0) is 37.0 Å². The Bertz CT molecular complexity index is 777. The molecule has 27 heavy (non-hydrogen) atoms. The zero-order valence-electron chi connectivity index (χ0n) is 15.1. The number of unbranched alkanes of at least 4 members (excludes halogenated alkanes) is 2. The van der Waals surface area contributed by atoms with Crippen LogP contribution in [0.2, 0.25) is 0 Å². The molecule has 0 aromatic heterocycles. The number of aryl methyl sites for hydroxylation is 1. The number of nitrogens with zero attached hydrogens (tertiary/aromatic N) is 1. The van der Waals surface area contributed by atoms with Crippen LogP contribution in [0.15, 0.2) is 29.2 Å². The van der Waals surface area contributed by atoms with Crippen molar-refractivity contribution in [2.75, 3.05) is 13.1 Å². The van der Waals surface area contributed by atoms with E-state index in [4.69, 9.17) is 17.3 Å². The fraction of sp³-hybridized carbons (Fsp3) is 0.368. The summed E-state index contributed by atoms with van der Waals surface area (Å²) in [5, 5.41) is 10.8. The molecule has 1 aliphatic heterocycles. The quantitative estimate of drug-likeness (QED) is 0.372. The Hall–Kier alpha value is -2.19. The fourth-order valence-corrected chi connectivity index (χ4v) is 3.88. The van der Waals surface area contributed by atoms with E-state index in [1.165, 1.54) is 11.8 Å². The maximum absolute atomic E-state index is 12.6. The maximum Gasteiger partial charge on any atom is 0.322 e. The number of benzene rings is 1. The van der Waals surface area contributed by atoms with Gasteiger partial charge in [-0.2, -0.15) is 0 Å². The molecular weight excluding hydrogens is 384 g/mol. The van der Waals surface area contributed by atoms with Crippen LogP contribution in [0, 0.1) is 6.92 Å². The minimum atomic E-state index is -1.06. The molecule has 0 aliphatic carbocycles. The van der Waals surface area contributed by atoms with Crippen LogP contribution in [0.3, 0.4) is 0 Å². The molecular formula is C19H22N2O4S2. The van der Waals surface area contributed by atoms with Crippen LogP contribution in [0.1, 0.15) is 36.8 Å². The summed E-state index contributed by atoms with van der Waals surface area (Å²) in [4.78, 5) is 36.6. The Morgan fingerprint density at radius 1 is 1.26 bits per heavy atom. The average Bonchev–Trinajstić information content (AvgIpc) is 2.88. The minimum absolute atomic E-state index is 0.0764. The second-order valence-electron chi connectivity index (χ2n) is 6.17. The Balaban J connectivity index is 1.78. The van der Waals surface area contributed by atoms with Gasteiger partial charge < -0.3 is 10.4 Å². The number of rotatable bonds is 9. The van der Waals surface area contributed by atoms with E-state index in [-0.39, 0.29) is 24.8 Å². The summed E-state index contributed by atoms with van der Waals surface area (Å²) in [5.41, 5.74) is 2.11. The molecule has 0 atom stereocenters. The Labute approximate surface area is 168 Å². The number of carboxylic acids is 1. The molecule has 1 heterocycles. The van der Waals surface area contributed by atoms with Crippen molar-refractivity contribution < 1.29 is 19.5 Å². The summed E-state index contributed by atoms with van der Waals surface area (Å²) >= 11 is 6.64. The molecule has 1 aromatic rings. The SMILES string of the molecule is Cc1ccccc1/C=C1\SC(=S)N(CCCCCC(=O)NCC(=O)O)C1=O. The molecule has 1 aromatic carbocycles. The number of hydrogen-bond acceptors (Lipinski definition) is 5. The van der Waals surface area contributed by atoms with E-state index in [0.29, 0.717) is 22.2 Å². The number of amides is 2. The zero-order valence-corrected chi connectivity index (χ0v) is 16.7. The highest BCUT2D eigenvalue weighted by molar-refractivity contribution is 8.26. The van der Waals surface area contributed by atoms with Gasteiger partial charge in [0.15, 0.2) is 0 Å². The first-order chi connectivity index (χ1) is 12.9. The summed E-state index contributed by atoms with van der Waals surface area (Å²) in [5.74, 6) is -1.41. The van der Waals surface area contributed by atoms with E-state index in [9.17, 15) is 14.4 Å². The normalized spacial score (nSPS) is 15.4. The van der Waals surface area contributed by atoms with E-state index in [1.807, 2.05) is 37.3 Å². The predicted molar refractivity (Wildman–Crippen MR) is 110 cm³/mol. The maximum atomic E-state index is 12.6. The van der Waals surface area contributed by atoms with E-state index in [2.05, 4.69) is 5.32 Å². The molecule has 0 spiro atoms. The molecule has 0 radical (unpaired) electrons. The number of thioether (sulfide) groups is 1. The summed E-state index contributed by atoms with van der Waals surface area (Å²) in [6.45, 7) is 2.16. The highest BCUT2D eigenvalue weighted by atomic mass is 32.2. The molecule has 0 bridgehead atoms. The lowest BCUT2D eigenvalue weighted by molar-refractivity contribution is -0.137. The molecule has 1 fully saturated rings. The predicted octanol–water partition coefficient (Wildman–Crippen LogP) is 2.96. The van der Waals surface area contributed by atoms with Crippen molar-refractivity contribution in [1.82, 2.24) is 10.2 Å². The van der Waals surface area contributed by atoms with Crippen LogP contribution in [0.5, 0.6) is 0 Å². The van der Waals surface area contributed by atoms with Crippen molar-refractivity contribution in [2.45, 2.75) is 32.6 Å². The molecule has 0 unspecified atom stereocenters. The average molecular weight is 407 g/mol. The van der Waals surface area contributed by atoms with Crippen molar-refractivity contribution in [3.05, 3.63) is 40.3 Å². The number of aliphatic carboxylic acids is 1. The molecule has 0 saturated carbocycles. The van der Waals surface area contributed by atoms with Crippen LogP contribution in [0.25, 0.3) is 6.08 Å². The van der Waals surface area contributed by atoms with Gasteiger partial charge in [-0.3, -0.25) is 19.3 Å². The van der Waals surface area contributed by atoms with Gasteiger partial charge in [-0.25, -0.2) is 0 Å². The van der Waals surface area contributed by atoms with Crippen molar-refractivity contribution in [3.8, 4) is 0 Å². The van der Waals surface area contributed by atoms with Crippen molar-refractivity contribution in [1.29, 1.82) is 0 Å². The van der Waals surface area contributed by atoms with E-state index < -0.39 is 5.97 Å². The summed E-state index contributed by atoms with van der Waals surface area (Å²) < 4.78 is 0.555. The van der Waals surface area contributed by atoms with Gasteiger partial charge in [-0.15, -0.1) is 0 Å². The number of nitrogens with one attached hydrogen (secondary N) is 1. The number of hydrogen-bond donors (Lipinski definition) is 2. The van der Waals surface area contributed by atoms with E-state index >= 15 is 0 Å². The van der Waals surface area contributed by atoms with Gasteiger partial charge in [0, 0.05) is 13.0 Å². The smallest absolute Gasteiger partial charge is 0.322 e.